The minimum Gasteiger partial charge on any atom is -0.507 e. The van der Waals surface area contributed by atoms with Gasteiger partial charge in [0.1, 0.15) is 11.5 Å². The Morgan fingerprint density at radius 1 is 0.536 bits per heavy atom. The molecule has 3 aromatic carbocycles. The molecule has 0 aliphatic rings. The van der Waals surface area contributed by atoms with Crippen molar-refractivity contribution in [2.75, 3.05) is 11.5 Å². The number of carboxylic acid groups (broad SMARTS) is 3. The molecule has 0 saturated carbocycles. The van der Waals surface area contributed by atoms with Gasteiger partial charge in [0.05, 0.1) is 11.8 Å². The smallest absolute Gasteiger partial charge is 0.306 e. The number of thioether (sulfide) groups is 1. The van der Waals surface area contributed by atoms with Crippen LogP contribution in [0.15, 0.2) is 54.6 Å². The second-order valence-corrected chi connectivity index (χ2v) is 20.4. The molecule has 5 N–H and O–H groups in total. The quantitative estimate of drug-likeness (QED) is 0.0947. The van der Waals surface area contributed by atoms with Crippen LogP contribution in [0.3, 0.4) is 0 Å². The molecule has 0 fully saturated rings. The highest BCUT2D eigenvalue weighted by Gasteiger charge is 2.30. The van der Waals surface area contributed by atoms with Gasteiger partial charge in [-0.25, -0.2) is 0 Å². The van der Waals surface area contributed by atoms with Gasteiger partial charge >= 0.3 is 17.9 Å². The second-order valence-electron chi connectivity index (χ2n) is 19.1. The molecule has 3 rings (SSSR count). The van der Waals surface area contributed by atoms with Gasteiger partial charge in [-0.2, -0.15) is 11.8 Å². The molecule has 0 spiro atoms. The van der Waals surface area contributed by atoms with Crippen LogP contribution >= 0.6 is 11.8 Å². The van der Waals surface area contributed by atoms with Crippen molar-refractivity contribution in [3.05, 3.63) is 93.5 Å². The zero-order valence-corrected chi connectivity index (χ0v) is 36.7. The average molecular weight is 793 g/mol. The topological polar surface area (TPSA) is 152 Å². The fraction of sp³-hybridized carbons (Fsp3) is 0.553. The number of hydrogen-bond donors (Lipinski definition) is 5. The van der Waals surface area contributed by atoms with Crippen molar-refractivity contribution in [2.45, 2.75) is 143 Å². The summed E-state index contributed by atoms with van der Waals surface area (Å²) in [5.41, 5.74) is 5.00. The number of rotatable bonds is 15. The first-order chi connectivity index (χ1) is 25.6. The zero-order chi connectivity index (χ0) is 42.8. The first-order valence-electron chi connectivity index (χ1n) is 19.7. The summed E-state index contributed by atoms with van der Waals surface area (Å²) >= 11 is 1.59. The number of phenolic OH excluding ortho intramolecular Hbond substituents is 2. The van der Waals surface area contributed by atoms with Crippen molar-refractivity contribution < 1.29 is 39.9 Å². The number of aryl methyl sites for hydroxylation is 1. The Balaban J connectivity index is 0.000000841. The third-order valence-corrected chi connectivity index (χ3v) is 11.0. The van der Waals surface area contributed by atoms with E-state index in [0.717, 1.165) is 38.9 Å². The lowest BCUT2D eigenvalue weighted by atomic mass is 9.77. The Morgan fingerprint density at radius 2 is 0.857 bits per heavy atom. The van der Waals surface area contributed by atoms with Gasteiger partial charge in [0.2, 0.25) is 0 Å². The lowest BCUT2D eigenvalue weighted by Gasteiger charge is -2.28. The molecule has 0 aliphatic heterocycles. The maximum Gasteiger partial charge on any atom is 0.306 e. The molecular weight excluding hydrogens is 725 g/mol. The summed E-state index contributed by atoms with van der Waals surface area (Å²) in [7, 11) is 0. The van der Waals surface area contributed by atoms with E-state index in [-0.39, 0.29) is 39.6 Å². The molecule has 0 heterocycles. The monoisotopic (exact) mass is 792 g/mol. The van der Waals surface area contributed by atoms with E-state index in [1.165, 1.54) is 0 Å². The molecule has 8 nitrogen and oxygen atoms in total. The minimum absolute atomic E-state index is 0.212. The summed E-state index contributed by atoms with van der Waals surface area (Å²) < 4.78 is 0. The third-order valence-electron chi connectivity index (χ3n) is 9.93. The number of benzene rings is 3. The molecule has 56 heavy (non-hydrogen) atoms. The number of phenols is 2. The zero-order valence-electron chi connectivity index (χ0n) is 35.9. The summed E-state index contributed by atoms with van der Waals surface area (Å²) in [5, 5.41) is 50.6. The molecule has 0 aromatic heterocycles. The molecule has 3 aromatic rings. The normalized spacial score (nSPS) is 13.4. The van der Waals surface area contributed by atoms with Crippen LogP contribution in [0.4, 0.5) is 0 Å². The standard InChI is InChI=1S/C38H58O6S.C9H10O2/c1-35(2,3)27-19-23(20-28(31(27)39)36(4,5)6)17-25(33(41)42)13-15-45-16-14-26(34(43)44)18-24-21-29(37(7,8)9)32(40)30(22-24)38(10,11)12;10-9(11)7-6-8-4-2-1-3-5-8/h19-22,25-26,39-40H,13-18H2,1-12H3,(H,41,42)(H,43,44);1-5H,6-7H2,(H,10,11). The van der Waals surface area contributed by atoms with Crippen LogP contribution in [-0.2, 0) is 55.3 Å². The summed E-state index contributed by atoms with van der Waals surface area (Å²) in [6.45, 7) is 24.5. The summed E-state index contributed by atoms with van der Waals surface area (Å²) in [6.07, 6.45) is 2.51. The Hall–Kier alpha value is -3.98. The van der Waals surface area contributed by atoms with Crippen LogP contribution in [0.1, 0.15) is 141 Å². The summed E-state index contributed by atoms with van der Waals surface area (Å²) in [4.78, 5) is 34.7. The molecular formula is C47H68O8S. The number of aromatic hydroxyl groups is 2. The fourth-order valence-corrected chi connectivity index (χ4v) is 7.66. The molecule has 0 bridgehead atoms. The molecule has 9 heteroatoms. The highest BCUT2D eigenvalue weighted by atomic mass is 32.2. The SMILES string of the molecule is CC(C)(C)c1cc(CC(CCSCCC(Cc2cc(C(C)(C)C)c(O)c(C(C)(C)C)c2)C(=O)O)C(=O)O)cc(C(C)(C)C)c1O.O=C(O)CCc1ccccc1. The minimum atomic E-state index is -0.849. The second kappa shape index (κ2) is 19.9. The van der Waals surface area contributed by atoms with E-state index in [0.29, 0.717) is 43.6 Å². The Labute approximate surface area is 340 Å². The molecule has 0 aliphatic carbocycles. The van der Waals surface area contributed by atoms with Crippen LogP contribution in [0.25, 0.3) is 0 Å². The van der Waals surface area contributed by atoms with Gasteiger partial charge in [-0.15, -0.1) is 0 Å². The average Bonchev–Trinajstić information content (AvgIpc) is 3.05. The van der Waals surface area contributed by atoms with Crippen molar-refractivity contribution in [3.63, 3.8) is 0 Å². The predicted octanol–water partition coefficient (Wildman–Crippen LogP) is 10.7. The van der Waals surface area contributed by atoms with Gasteiger partial charge in [-0.1, -0.05) is 138 Å². The molecule has 2 unspecified atom stereocenters. The van der Waals surface area contributed by atoms with E-state index in [9.17, 15) is 34.8 Å². The third kappa shape index (κ3) is 15.2. The number of carbonyl (C=O) groups is 3. The number of hydrogen-bond acceptors (Lipinski definition) is 6. The van der Waals surface area contributed by atoms with Gasteiger partial charge < -0.3 is 25.5 Å². The van der Waals surface area contributed by atoms with Gasteiger partial charge in [0.25, 0.3) is 0 Å². The molecule has 0 saturated heterocycles. The summed E-state index contributed by atoms with van der Waals surface area (Å²) in [5.74, 6) is -1.81. The van der Waals surface area contributed by atoms with E-state index in [1.807, 2.05) is 138 Å². The Morgan fingerprint density at radius 3 is 1.12 bits per heavy atom. The molecule has 0 radical (unpaired) electrons. The van der Waals surface area contributed by atoms with Crippen LogP contribution in [0.2, 0.25) is 0 Å². The first kappa shape index (κ1) is 48.2. The fourth-order valence-electron chi connectivity index (χ4n) is 6.55. The van der Waals surface area contributed by atoms with Crippen molar-refractivity contribution in [3.8, 4) is 11.5 Å². The molecule has 310 valence electrons. The van der Waals surface area contributed by atoms with Gasteiger partial charge in [0, 0.05) is 6.42 Å². The number of aliphatic carboxylic acids is 3. The van der Waals surface area contributed by atoms with Crippen molar-refractivity contribution >= 4 is 29.7 Å². The lowest BCUT2D eigenvalue weighted by Crippen LogP contribution is -2.21. The van der Waals surface area contributed by atoms with E-state index in [4.69, 9.17) is 5.11 Å². The summed E-state index contributed by atoms with van der Waals surface area (Å²) in [6, 6.07) is 17.4. The maximum absolute atomic E-state index is 12.3. The Kier molecular flexibility index (Phi) is 17.1. The first-order valence-corrected chi connectivity index (χ1v) is 20.8. The van der Waals surface area contributed by atoms with E-state index >= 15 is 0 Å². The van der Waals surface area contributed by atoms with Crippen LogP contribution in [0, 0.1) is 11.8 Å². The van der Waals surface area contributed by atoms with Crippen molar-refractivity contribution in [1.29, 1.82) is 0 Å². The lowest BCUT2D eigenvalue weighted by molar-refractivity contribution is -0.142. The Bertz CT molecular complexity index is 1600. The molecule has 0 amide bonds. The van der Waals surface area contributed by atoms with Crippen LogP contribution < -0.4 is 0 Å². The largest absolute Gasteiger partial charge is 0.507 e. The van der Waals surface area contributed by atoms with Crippen molar-refractivity contribution in [1.82, 2.24) is 0 Å². The van der Waals surface area contributed by atoms with Crippen LogP contribution in [0.5, 0.6) is 11.5 Å². The molecule has 2 atom stereocenters. The van der Waals surface area contributed by atoms with Gasteiger partial charge in [-0.3, -0.25) is 14.4 Å². The van der Waals surface area contributed by atoms with E-state index in [2.05, 4.69) is 0 Å². The van der Waals surface area contributed by atoms with Gasteiger partial charge in [-0.05, 0) is 104 Å². The van der Waals surface area contributed by atoms with Gasteiger partial charge in [0.15, 0.2) is 0 Å². The van der Waals surface area contributed by atoms with E-state index in [1.54, 1.807) is 11.8 Å². The van der Waals surface area contributed by atoms with Crippen LogP contribution in [-0.4, -0.2) is 54.9 Å². The predicted molar refractivity (Wildman–Crippen MR) is 230 cm³/mol. The van der Waals surface area contributed by atoms with E-state index < -0.39 is 29.7 Å². The van der Waals surface area contributed by atoms with Crippen molar-refractivity contribution in [2.24, 2.45) is 11.8 Å². The highest BCUT2D eigenvalue weighted by molar-refractivity contribution is 7.99. The number of carboxylic acids is 3. The maximum atomic E-state index is 12.3. The highest BCUT2D eigenvalue weighted by Crippen LogP contribution is 2.42.